The minimum Gasteiger partial charge on any atom is -0.375 e. The number of hydrogen-bond donors (Lipinski definition) is 0. The number of ether oxygens (including phenoxy) is 1. The van der Waals surface area contributed by atoms with E-state index in [0.29, 0.717) is 11.7 Å². The van der Waals surface area contributed by atoms with Gasteiger partial charge in [-0.05, 0) is 36.6 Å². The van der Waals surface area contributed by atoms with Crippen LogP contribution in [0, 0.1) is 13.8 Å². The third-order valence-electron chi connectivity index (χ3n) is 3.79. The number of amides is 1. The van der Waals surface area contributed by atoms with Crippen molar-refractivity contribution in [1.29, 1.82) is 0 Å². The number of rotatable bonds is 5. The lowest BCUT2D eigenvalue weighted by molar-refractivity contribution is -0.122. The van der Waals surface area contributed by atoms with Crippen molar-refractivity contribution in [3.8, 4) is 0 Å². The number of thiazole rings is 1. The number of fused-ring (bicyclic) bond motifs is 1. The number of benzene rings is 2. The molecule has 0 aliphatic heterocycles. The van der Waals surface area contributed by atoms with Crippen LogP contribution in [0.25, 0.3) is 10.2 Å². The molecule has 3 rings (SSSR count). The van der Waals surface area contributed by atoms with Gasteiger partial charge in [-0.3, -0.25) is 9.69 Å². The van der Waals surface area contributed by atoms with Gasteiger partial charge in [0.05, 0.1) is 16.8 Å². The summed E-state index contributed by atoms with van der Waals surface area (Å²) in [5, 5.41) is 0.713. The second kappa shape index (κ2) is 7.11. The molecule has 4 nitrogen and oxygen atoms in total. The van der Waals surface area contributed by atoms with Crippen LogP contribution in [-0.2, 0) is 16.1 Å². The van der Waals surface area contributed by atoms with E-state index in [2.05, 4.69) is 26.0 Å². The van der Waals surface area contributed by atoms with Crippen molar-refractivity contribution in [3.05, 3.63) is 59.2 Å². The molecule has 0 saturated heterocycles. The molecule has 0 N–H and O–H groups in total. The van der Waals surface area contributed by atoms with Gasteiger partial charge in [0.15, 0.2) is 5.13 Å². The van der Waals surface area contributed by atoms with Crippen LogP contribution in [0.1, 0.15) is 16.7 Å². The Kier molecular flexibility index (Phi) is 4.92. The fourth-order valence-electron chi connectivity index (χ4n) is 2.71. The first-order valence-corrected chi connectivity index (χ1v) is 8.61. The standard InChI is InChI=1S/C19H20N2O2S/c1-13-9-14(2)18-16(10-13)20-19(24-18)21(17(22)12-23-3)11-15-7-5-4-6-8-15/h4-10H,11-12H2,1-3H3. The zero-order valence-corrected chi connectivity index (χ0v) is 14.9. The molecule has 0 aliphatic rings. The molecule has 0 fully saturated rings. The summed E-state index contributed by atoms with van der Waals surface area (Å²) in [7, 11) is 1.53. The summed E-state index contributed by atoms with van der Waals surface area (Å²) >= 11 is 1.55. The van der Waals surface area contributed by atoms with Crippen molar-refractivity contribution >= 4 is 32.6 Å². The molecular weight excluding hydrogens is 320 g/mol. The first-order valence-electron chi connectivity index (χ1n) is 7.79. The molecule has 2 aromatic carbocycles. The lowest BCUT2D eigenvalue weighted by Gasteiger charge is -2.19. The van der Waals surface area contributed by atoms with Gasteiger partial charge in [-0.25, -0.2) is 4.98 Å². The van der Waals surface area contributed by atoms with E-state index in [-0.39, 0.29) is 12.5 Å². The second-order valence-electron chi connectivity index (χ2n) is 5.83. The number of carbonyl (C=O) groups excluding carboxylic acids is 1. The summed E-state index contributed by atoms with van der Waals surface area (Å²) in [6.07, 6.45) is 0. The summed E-state index contributed by atoms with van der Waals surface area (Å²) in [5.41, 5.74) is 4.37. The molecule has 0 saturated carbocycles. The number of carbonyl (C=O) groups is 1. The van der Waals surface area contributed by atoms with Gasteiger partial charge in [0.1, 0.15) is 6.61 Å². The molecular formula is C19H20N2O2S. The monoisotopic (exact) mass is 340 g/mol. The largest absolute Gasteiger partial charge is 0.375 e. The van der Waals surface area contributed by atoms with E-state index < -0.39 is 0 Å². The summed E-state index contributed by atoms with van der Waals surface area (Å²) in [4.78, 5) is 19.0. The topological polar surface area (TPSA) is 42.4 Å². The minimum absolute atomic E-state index is 0.0424. The number of hydrogen-bond acceptors (Lipinski definition) is 4. The molecule has 1 amide bonds. The predicted octanol–water partition coefficient (Wildman–Crippen LogP) is 4.09. The number of aryl methyl sites for hydroxylation is 2. The normalized spacial score (nSPS) is 11.0. The Bertz CT molecular complexity index is 858. The third-order valence-corrected chi connectivity index (χ3v) is 5.02. The van der Waals surface area contributed by atoms with Crippen LogP contribution < -0.4 is 4.90 Å². The smallest absolute Gasteiger partial charge is 0.255 e. The Labute approximate surface area is 145 Å². The summed E-state index contributed by atoms with van der Waals surface area (Å²) in [5.74, 6) is -0.0882. The van der Waals surface area contributed by atoms with E-state index in [4.69, 9.17) is 9.72 Å². The Morgan fingerprint density at radius 2 is 1.96 bits per heavy atom. The Balaban J connectivity index is 2.01. The minimum atomic E-state index is -0.0882. The van der Waals surface area contributed by atoms with Crippen molar-refractivity contribution in [2.24, 2.45) is 0 Å². The number of aromatic nitrogens is 1. The lowest BCUT2D eigenvalue weighted by Crippen LogP contribution is -2.33. The van der Waals surface area contributed by atoms with Crippen molar-refractivity contribution in [1.82, 2.24) is 4.98 Å². The maximum absolute atomic E-state index is 12.5. The van der Waals surface area contributed by atoms with Gasteiger partial charge in [-0.2, -0.15) is 0 Å². The maximum atomic E-state index is 12.5. The molecule has 0 atom stereocenters. The first kappa shape index (κ1) is 16.6. The molecule has 24 heavy (non-hydrogen) atoms. The van der Waals surface area contributed by atoms with Crippen molar-refractivity contribution < 1.29 is 9.53 Å². The van der Waals surface area contributed by atoms with E-state index >= 15 is 0 Å². The molecule has 0 bridgehead atoms. The van der Waals surface area contributed by atoms with Gasteiger partial charge in [-0.1, -0.05) is 47.7 Å². The van der Waals surface area contributed by atoms with Crippen LogP contribution in [0.4, 0.5) is 5.13 Å². The van der Waals surface area contributed by atoms with Crippen LogP contribution >= 0.6 is 11.3 Å². The maximum Gasteiger partial charge on any atom is 0.255 e. The average Bonchev–Trinajstić information content (AvgIpc) is 2.97. The van der Waals surface area contributed by atoms with Gasteiger partial charge in [0, 0.05) is 7.11 Å². The van der Waals surface area contributed by atoms with Gasteiger partial charge in [-0.15, -0.1) is 0 Å². The van der Waals surface area contributed by atoms with Crippen LogP contribution in [-0.4, -0.2) is 24.6 Å². The summed E-state index contributed by atoms with van der Waals surface area (Å²) in [6, 6.07) is 14.1. The van der Waals surface area contributed by atoms with Gasteiger partial charge in [0.2, 0.25) is 0 Å². The molecule has 1 aromatic heterocycles. The van der Waals surface area contributed by atoms with Crippen molar-refractivity contribution in [3.63, 3.8) is 0 Å². The van der Waals surface area contributed by atoms with E-state index in [1.165, 1.54) is 18.2 Å². The molecule has 5 heteroatoms. The van der Waals surface area contributed by atoms with Gasteiger partial charge in [0.25, 0.3) is 5.91 Å². The number of methoxy groups -OCH3 is 1. The Morgan fingerprint density at radius 1 is 1.21 bits per heavy atom. The number of nitrogens with zero attached hydrogens (tertiary/aromatic N) is 2. The molecule has 124 valence electrons. The molecule has 0 radical (unpaired) electrons. The van der Waals surface area contributed by atoms with E-state index in [1.807, 2.05) is 30.3 Å². The van der Waals surface area contributed by atoms with Gasteiger partial charge < -0.3 is 4.74 Å². The Morgan fingerprint density at radius 3 is 2.67 bits per heavy atom. The third kappa shape index (κ3) is 3.47. The molecule has 0 unspecified atom stereocenters. The van der Waals surface area contributed by atoms with Crippen molar-refractivity contribution in [2.75, 3.05) is 18.6 Å². The van der Waals surface area contributed by atoms with Crippen LogP contribution in [0.5, 0.6) is 0 Å². The number of anilines is 1. The van der Waals surface area contributed by atoms with E-state index in [0.717, 1.165) is 15.8 Å². The fourth-order valence-corrected chi connectivity index (χ4v) is 3.74. The lowest BCUT2D eigenvalue weighted by atomic mass is 10.1. The second-order valence-corrected chi connectivity index (χ2v) is 6.80. The fraction of sp³-hybridized carbons (Fsp3) is 0.263. The highest BCUT2D eigenvalue weighted by molar-refractivity contribution is 7.22. The summed E-state index contributed by atoms with van der Waals surface area (Å²) < 4.78 is 6.17. The quantitative estimate of drug-likeness (QED) is 0.702. The first-order chi connectivity index (χ1) is 11.6. The van der Waals surface area contributed by atoms with Crippen LogP contribution in [0.3, 0.4) is 0 Å². The highest BCUT2D eigenvalue weighted by Gasteiger charge is 2.20. The average molecular weight is 340 g/mol. The highest BCUT2D eigenvalue weighted by atomic mass is 32.1. The zero-order valence-electron chi connectivity index (χ0n) is 14.1. The van der Waals surface area contributed by atoms with Crippen LogP contribution in [0.15, 0.2) is 42.5 Å². The highest BCUT2D eigenvalue weighted by Crippen LogP contribution is 2.32. The predicted molar refractivity (Wildman–Crippen MR) is 98.6 cm³/mol. The Hall–Kier alpha value is -2.24. The molecule has 0 aliphatic carbocycles. The molecule has 3 aromatic rings. The van der Waals surface area contributed by atoms with Gasteiger partial charge >= 0.3 is 0 Å². The SMILES string of the molecule is COCC(=O)N(Cc1ccccc1)c1nc2cc(C)cc(C)c2s1. The van der Waals surface area contributed by atoms with E-state index in [9.17, 15) is 4.79 Å². The zero-order chi connectivity index (χ0) is 17.1. The molecule has 1 heterocycles. The van der Waals surface area contributed by atoms with E-state index in [1.54, 1.807) is 16.2 Å². The van der Waals surface area contributed by atoms with Crippen molar-refractivity contribution in [2.45, 2.75) is 20.4 Å². The van der Waals surface area contributed by atoms with Crippen LogP contribution in [0.2, 0.25) is 0 Å². The molecule has 0 spiro atoms. The summed E-state index contributed by atoms with van der Waals surface area (Å²) in [6.45, 7) is 4.67.